The number of aliphatic carboxylic acids is 1. The molecule has 0 saturated heterocycles. The smallest absolute Gasteiger partial charge is 0.326 e. The summed E-state index contributed by atoms with van der Waals surface area (Å²) in [6.45, 7) is 2.98. The third kappa shape index (κ3) is 3.49. The highest BCUT2D eigenvalue weighted by Crippen LogP contribution is 2.06. The Balaban J connectivity index is 2.86. The van der Waals surface area contributed by atoms with Gasteiger partial charge in [0.2, 0.25) is 0 Å². The Morgan fingerprint density at radius 3 is 2.61 bits per heavy atom. The molecule has 0 saturated carbocycles. The van der Waals surface area contributed by atoms with Crippen LogP contribution in [0.2, 0.25) is 0 Å². The van der Waals surface area contributed by atoms with Gasteiger partial charge in [0.25, 0.3) is 5.91 Å². The van der Waals surface area contributed by atoms with Crippen molar-refractivity contribution in [3.8, 4) is 0 Å². The van der Waals surface area contributed by atoms with E-state index in [4.69, 9.17) is 10.2 Å². The van der Waals surface area contributed by atoms with Crippen molar-refractivity contribution in [2.24, 2.45) is 0 Å². The van der Waals surface area contributed by atoms with Gasteiger partial charge in [0.15, 0.2) is 0 Å². The van der Waals surface area contributed by atoms with Crippen LogP contribution in [-0.2, 0) is 4.79 Å². The first-order chi connectivity index (χ1) is 8.45. The average Bonchev–Trinajstić information content (AvgIpc) is 2.31. The molecule has 1 aromatic rings. The number of carboxylic acids is 1. The van der Waals surface area contributed by atoms with Crippen LogP contribution >= 0.6 is 0 Å². The third-order valence-electron chi connectivity index (χ3n) is 2.37. The number of carbonyl (C=O) groups excluding carboxylic acids is 1. The van der Waals surface area contributed by atoms with Gasteiger partial charge in [0.05, 0.1) is 17.0 Å². The molecule has 7 nitrogen and oxygen atoms in total. The standard InChI is InChI=1S/C11H15N3O4/c1-6-5-8(7(2)14-13-6)10(16)12-9(3-4-15)11(17)18/h5,9,15H,3-4H2,1-2H3,(H,12,16)(H,17,18)/t9-/m1/s1. The summed E-state index contributed by atoms with van der Waals surface area (Å²) in [4.78, 5) is 22.7. The van der Waals surface area contributed by atoms with Gasteiger partial charge >= 0.3 is 5.97 Å². The van der Waals surface area contributed by atoms with Crippen LogP contribution in [0.25, 0.3) is 0 Å². The van der Waals surface area contributed by atoms with E-state index in [9.17, 15) is 9.59 Å². The molecule has 1 rings (SSSR count). The summed E-state index contributed by atoms with van der Waals surface area (Å²) < 4.78 is 0. The van der Waals surface area contributed by atoms with E-state index >= 15 is 0 Å². The first kappa shape index (κ1) is 14.0. The molecule has 0 aliphatic heterocycles. The Kier molecular flexibility index (Phi) is 4.73. The van der Waals surface area contributed by atoms with Crippen LogP contribution in [-0.4, -0.2) is 44.9 Å². The van der Waals surface area contributed by atoms with Gasteiger partial charge in [-0.1, -0.05) is 0 Å². The molecule has 98 valence electrons. The Bertz CT molecular complexity index is 462. The zero-order valence-corrected chi connectivity index (χ0v) is 10.2. The lowest BCUT2D eigenvalue weighted by atomic mass is 10.1. The van der Waals surface area contributed by atoms with E-state index < -0.39 is 17.9 Å². The molecule has 0 unspecified atom stereocenters. The molecule has 0 aliphatic rings. The number of carboxylic acid groups (broad SMARTS) is 1. The lowest BCUT2D eigenvalue weighted by molar-refractivity contribution is -0.139. The first-order valence-corrected chi connectivity index (χ1v) is 5.41. The molecule has 1 atom stereocenters. The van der Waals surface area contributed by atoms with Crippen LogP contribution in [0.3, 0.4) is 0 Å². The second-order valence-electron chi connectivity index (χ2n) is 3.86. The molecule has 1 amide bonds. The minimum absolute atomic E-state index is 0.0440. The van der Waals surface area contributed by atoms with Crippen LogP contribution in [0.4, 0.5) is 0 Å². The van der Waals surface area contributed by atoms with Gasteiger partial charge in [-0.2, -0.15) is 10.2 Å². The van der Waals surface area contributed by atoms with E-state index in [1.165, 1.54) is 6.07 Å². The largest absolute Gasteiger partial charge is 0.480 e. The van der Waals surface area contributed by atoms with E-state index in [-0.39, 0.29) is 18.6 Å². The number of carbonyl (C=O) groups is 2. The van der Waals surface area contributed by atoms with Gasteiger partial charge in [0, 0.05) is 13.0 Å². The van der Waals surface area contributed by atoms with Crippen molar-refractivity contribution in [1.82, 2.24) is 15.5 Å². The van der Waals surface area contributed by atoms with Crippen LogP contribution in [0.5, 0.6) is 0 Å². The predicted molar refractivity (Wildman–Crippen MR) is 62.1 cm³/mol. The molecule has 0 bridgehead atoms. The molecule has 3 N–H and O–H groups in total. The molecule has 0 aromatic carbocycles. The minimum Gasteiger partial charge on any atom is -0.480 e. The molecule has 0 spiro atoms. The van der Waals surface area contributed by atoms with Crippen LogP contribution in [0, 0.1) is 13.8 Å². The number of aliphatic hydroxyl groups is 1. The number of rotatable bonds is 5. The summed E-state index contributed by atoms with van der Waals surface area (Å²) in [5, 5.41) is 27.5. The highest BCUT2D eigenvalue weighted by Gasteiger charge is 2.21. The monoisotopic (exact) mass is 253 g/mol. The Hall–Kier alpha value is -2.02. The Labute approximate surface area is 104 Å². The summed E-state index contributed by atoms with van der Waals surface area (Å²) in [5.74, 6) is -1.72. The normalized spacial score (nSPS) is 11.9. The summed E-state index contributed by atoms with van der Waals surface area (Å²) in [6, 6.07) is 0.422. The molecule has 1 aromatic heterocycles. The molecule has 18 heavy (non-hydrogen) atoms. The lowest BCUT2D eigenvalue weighted by Crippen LogP contribution is -2.41. The molecule has 7 heteroatoms. The third-order valence-corrected chi connectivity index (χ3v) is 2.37. The molecule has 1 heterocycles. The van der Waals surface area contributed by atoms with Crippen LogP contribution in [0.15, 0.2) is 6.07 Å². The fourth-order valence-corrected chi connectivity index (χ4v) is 1.40. The zero-order chi connectivity index (χ0) is 13.7. The van der Waals surface area contributed by atoms with E-state index in [0.29, 0.717) is 11.4 Å². The number of nitrogens with one attached hydrogen (secondary N) is 1. The van der Waals surface area contributed by atoms with Crippen molar-refractivity contribution >= 4 is 11.9 Å². The van der Waals surface area contributed by atoms with Crippen molar-refractivity contribution < 1.29 is 19.8 Å². The number of amides is 1. The topological polar surface area (TPSA) is 112 Å². The maximum Gasteiger partial charge on any atom is 0.326 e. The summed E-state index contributed by atoms with van der Waals surface area (Å²) in [7, 11) is 0. The van der Waals surface area contributed by atoms with Gasteiger partial charge in [0.1, 0.15) is 6.04 Å². The number of nitrogens with zero attached hydrogens (tertiary/aromatic N) is 2. The van der Waals surface area contributed by atoms with Crippen molar-refractivity contribution in [3.63, 3.8) is 0 Å². The van der Waals surface area contributed by atoms with E-state index in [2.05, 4.69) is 15.5 Å². The second kappa shape index (κ2) is 6.06. The molecule has 0 fully saturated rings. The molecule has 0 aliphatic carbocycles. The zero-order valence-electron chi connectivity index (χ0n) is 10.2. The van der Waals surface area contributed by atoms with Crippen LogP contribution in [0.1, 0.15) is 28.2 Å². The number of aliphatic hydroxyl groups excluding tert-OH is 1. The van der Waals surface area contributed by atoms with Gasteiger partial charge in [-0.05, 0) is 19.9 Å². The van der Waals surface area contributed by atoms with Gasteiger partial charge in [-0.3, -0.25) is 4.79 Å². The fourth-order valence-electron chi connectivity index (χ4n) is 1.40. The highest BCUT2D eigenvalue weighted by molar-refractivity contribution is 5.97. The maximum absolute atomic E-state index is 11.9. The summed E-state index contributed by atoms with van der Waals surface area (Å²) in [6.07, 6.45) is -0.0440. The number of hydrogen-bond acceptors (Lipinski definition) is 5. The van der Waals surface area contributed by atoms with Crippen molar-refractivity contribution in [2.75, 3.05) is 6.61 Å². The summed E-state index contributed by atoms with van der Waals surface area (Å²) >= 11 is 0. The Morgan fingerprint density at radius 1 is 1.39 bits per heavy atom. The average molecular weight is 253 g/mol. The minimum atomic E-state index is -1.19. The van der Waals surface area contributed by atoms with E-state index in [1.54, 1.807) is 13.8 Å². The van der Waals surface area contributed by atoms with Gasteiger partial charge in [-0.15, -0.1) is 0 Å². The number of hydrogen-bond donors (Lipinski definition) is 3. The van der Waals surface area contributed by atoms with Crippen molar-refractivity contribution in [2.45, 2.75) is 26.3 Å². The van der Waals surface area contributed by atoms with Crippen molar-refractivity contribution in [1.29, 1.82) is 0 Å². The number of aryl methyl sites for hydroxylation is 2. The second-order valence-corrected chi connectivity index (χ2v) is 3.86. The first-order valence-electron chi connectivity index (χ1n) is 5.41. The predicted octanol–water partition coefficient (Wildman–Crippen LogP) is -0.341. The quantitative estimate of drug-likeness (QED) is 0.661. The molecular formula is C11H15N3O4. The Morgan fingerprint density at radius 2 is 2.06 bits per heavy atom. The molecular weight excluding hydrogens is 238 g/mol. The van der Waals surface area contributed by atoms with Crippen molar-refractivity contribution in [3.05, 3.63) is 23.0 Å². The summed E-state index contributed by atoms with van der Waals surface area (Å²) in [5.41, 5.74) is 1.28. The number of aromatic nitrogens is 2. The molecule has 0 radical (unpaired) electrons. The van der Waals surface area contributed by atoms with Gasteiger partial charge < -0.3 is 15.5 Å². The maximum atomic E-state index is 11.9. The fraction of sp³-hybridized carbons (Fsp3) is 0.455. The highest BCUT2D eigenvalue weighted by atomic mass is 16.4. The van der Waals surface area contributed by atoms with E-state index in [1.807, 2.05) is 0 Å². The SMILES string of the molecule is Cc1cc(C(=O)N[C@H](CCO)C(=O)O)c(C)nn1. The lowest BCUT2D eigenvalue weighted by Gasteiger charge is -2.13. The van der Waals surface area contributed by atoms with Crippen LogP contribution < -0.4 is 5.32 Å². The van der Waals surface area contributed by atoms with E-state index in [0.717, 1.165) is 0 Å². The van der Waals surface area contributed by atoms with Gasteiger partial charge in [-0.25, -0.2) is 4.79 Å².